The molecule has 2 N–H and O–H groups in total. The Kier molecular flexibility index (Phi) is 4.27. The maximum absolute atomic E-state index is 12.4. The predicted molar refractivity (Wildman–Crippen MR) is 72.7 cm³/mol. The van der Waals surface area contributed by atoms with Crippen LogP contribution in [0.3, 0.4) is 0 Å². The number of ether oxygens (including phenoxy) is 2. The molecule has 1 aliphatic heterocycles. The van der Waals surface area contributed by atoms with Crippen LogP contribution in [-0.2, 0) is 0 Å². The molecule has 104 valence electrons. The van der Waals surface area contributed by atoms with E-state index in [1.807, 2.05) is 0 Å². The van der Waals surface area contributed by atoms with E-state index < -0.39 is 0 Å². The molecule has 1 unspecified atom stereocenters. The van der Waals surface area contributed by atoms with Gasteiger partial charge < -0.3 is 20.1 Å². The number of nitrogens with zero attached hydrogens (tertiary/aromatic N) is 1. The first-order valence-corrected chi connectivity index (χ1v) is 6.42. The molecular weight excluding hydrogens is 244 g/mol. The summed E-state index contributed by atoms with van der Waals surface area (Å²) in [5.41, 5.74) is 6.51. The number of amides is 1. The van der Waals surface area contributed by atoms with E-state index in [1.165, 1.54) is 0 Å². The van der Waals surface area contributed by atoms with Gasteiger partial charge in [0.05, 0.1) is 14.2 Å². The molecule has 1 aromatic carbocycles. The number of methoxy groups -OCH3 is 2. The molecule has 0 radical (unpaired) electrons. The number of hydrogen-bond acceptors (Lipinski definition) is 4. The average Bonchev–Trinajstić information content (AvgIpc) is 2.45. The molecule has 1 saturated heterocycles. The molecule has 1 amide bonds. The fourth-order valence-corrected chi connectivity index (χ4v) is 2.35. The molecule has 0 saturated carbocycles. The number of carbonyl (C=O) groups is 1. The summed E-state index contributed by atoms with van der Waals surface area (Å²) < 4.78 is 10.4. The van der Waals surface area contributed by atoms with E-state index in [0.29, 0.717) is 23.6 Å². The zero-order valence-corrected chi connectivity index (χ0v) is 11.4. The number of likely N-dealkylation sites (tertiary alicyclic amines) is 1. The SMILES string of the molecule is COc1ccc(C(=O)N2CCCC(N)C2)cc1OC. The van der Waals surface area contributed by atoms with Crippen LogP contribution in [0.15, 0.2) is 18.2 Å². The van der Waals surface area contributed by atoms with Crippen molar-refractivity contribution in [1.29, 1.82) is 0 Å². The second kappa shape index (κ2) is 5.93. The summed E-state index contributed by atoms with van der Waals surface area (Å²) >= 11 is 0. The molecule has 1 aromatic rings. The number of piperidine rings is 1. The van der Waals surface area contributed by atoms with Gasteiger partial charge in [0.25, 0.3) is 5.91 Å². The first-order valence-electron chi connectivity index (χ1n) is 6.42. The van der Waals surface area contributed by atoms with Gasteiger partial charge in [-0.1, -0.05) is 0 Å². The minimum absolute atomic E-state index is 0.00361. The Bertz CT molecular complexity index is 462. The number of carbonyl (C=O) groups excluding carboxylic acids is 1. The molecule has 1 fully saturated rings. The van der Waals surface area contributed by atoms with Crippen LogP contribution >= 0.6 is 0 Å². The van der Waals surface area contributed by atoms with E-state index in [4.69, 9.17) is 15.2 Å². The molecule has 5 heteroatoms. The number of rotatable bonds is 3. The molecule has 0 aromatic heterocycles. The predicted octanol–water partition coefficient (Wildman–Crippen LogP) is 1.27. The van der Waals surface area contributed by atoms with E-state index in [1.54, 1.807) is 37.3 Å². The summed E-state index contributed by atoms with van der Waals surface area (Å²) in [6, 6.07) is 5.29. The molecule has 1 aliphatic rings. The average molecular weight is 264 g/mol. The third-order valence-corrected chi connectivity index (χ3v) is 3.38. The Hall–Kier alpha value is -1.75. The van der Waals surface area contributed by atoms with E-state index in [0.717, 1.165) is 19.4 Å². The number of nitrogens with two attached hydrogens (primary N) is 1. The summed E-state index contributed by atoms with van der Waals surface area (Å²) in [6.07, 6.45) is 1.94. The fraction of sp³-hybridized carbons (Fsp3) is 0.500. The van der Waals surface area contributed by atoms with E-state index in [-0.39, 0.29) is 11.9 Å². The lowest BCUT2D eigenvalue weighted by atomic mass is 10.1. The van der Waals surface area contributed by atoms with Crippen LogP contribution in [0.25, 0.3) is 0 Å². The lowest BCUT2D eigenvalue weighted by Crippen LogP contribution is -2.45. The van der Waals surface area contributed by atoms with Crippen LogP contribution < -0.4 is 15.2 Å². The van der Waals surface area contributed by atoms with Crippen LogP contribution in [0, 0.1) is 0 Å². The third kappa shape index (κ3) is 2.98. The standard InChI is InChI=1S/C14H20N2O3/c1-18-12-6-5-10(8-13(12)19-2)14(17)16-7-3-4-11(15)9-16/h5-6,8,11H,3-4,7,9,15H2,1-2H3. The Labute approximate surface area is 113 Å². The van der Waals surface area contributed by atoms with Crippen LogP contribution in [0.4, 0.5) is 0 Å². The molecule has 5 nitrogen and oxygen atoms in total. The van der Waals surface area contributed by atoms with Crippen molar-refractivity contribution in [1.82, 2.24) is 4.90 Å². The van der Waals surface area contributed by atoms with Gasteiger partial charge in [-0.15, -0.1) is 0 Å². The highest BCUT2D eigenvalue weighted by molar-refractivity contribution is 5.95. The highest BCUT2D eigenvalue weighted by Gasteiger charge is 2.23. The van der Waals surface area contributed by atoms with Crippen LogP contribution in [0.1, 0.15) is 23.2 Å². The summed E-state index contributed by atoms with van der Waals surface area (Å²) in [5.74, 6) is 1.18. The molecular formula is C14H20N2O3. The topological polar surface area (TPSA) is 64.8 Å². The minimum atomic E-state index is -0.00361. The van der Waals surface area contributed by atoms with Crippen LogP contribution in [0.5, 0.6) is 11.5 Å². The van der Waals surface area contributed by atoms with Crippen molar-refractivity contribution in [3.63, 3.8) is 0 Å². The maximum atomic E-state index is 12.4. The van der Waals surface area contributed by atoms with Gasteiger partial charge in [-0.05, 0) is 31.0 Å². The molecule has 1 atom stereocenters. The normalized spacial score (nSPS) is 19.1. The zero-order valence-electron chi connectivity index (χ0n) is 11.4. The van der Waals surface area contributed by atoms with E-state index >= 15 is 0 Å². The second-order valence-corrected chi connectivity index (χ2v) is 4.72. The van der Waals surface area contributed by atoms with Crippen LogP contribution in [-0.4, -0.2) is 44.2 Å². The Balaban J connectivity index is 2.19. The molecule has 2 rings (SSSR count). The molecule has 0 spiro atoms. The molecule has 19 heavy (non-hydrogen) atoms. The van der Waals surface area contributed by atoms with Crippen molar-refractivity contribution in [3.05, 3.63) is 23.8 Å². The maximum Gasteiger partial charge on any atom is 0.254 e. The van der Waals surface area contributed by atoms with Gasteiger partial charge >= 0.3 is 0 Å². The van der Waals surface area contributed by atoms with E-state index in [9.17, 15) is 4.79 Å². The lowest BCUT2D eigenvalue weighted by molar-refractivity contribution is 0.0708. The van der Waals surface area contributed by atoms with Crippen molar-refractivity contribution >= 4 is 5.91 Å². The first kappa shape index (κ1) is 13.7. The van der Waals surface area contributed by atoms with Gasteiger partial charge in [-0.2, -0.15) is 0 Å². The van der Waals surface area contributed by atoms with Gasteiger partial charge in [-0.3, -0.25) is 4.79 Å². The highest BCUT2D eigenvalue weighted by Crippen LogP contribution is 2.28. The van der Waals surface area contributed by atoms with Crippen molar-refractivity contribution in [2.75, 3.05) is 27.3 Å². The first-order chi connectivity index (χ1) is 9.15. The smallest absolute Gasteiger partial charge is 0.254 e. The van der Waals surface area contributed by atoms with Crippen molar-refractivity contribution in [3.8, 4) is 11.5 Å². The van der Waals surface area contributed by atoms with Gasteiger partial charge in [0.15, 0.2) is 11.5 Å². The van der Waals surface area contributed by atoms with Crippen LogP contribution in [0.2, 0.25) is 0 Å². The minimum Gasteiger partial charge on any atom is -0.493 e. The summed E-state index contributed by atoms with van der Waals surface area (Å²) in [4.78, 5) is 14.2. The number of benzene rings is 1. The second-order valence-electron chi connectivity index (χ2n) is 4.72. The van der Waals surface area contributed by atoms with Crippen molar-refractivity contribution in [2.24, 2.45) is 5.73 Å². The van der Waals surface area contributed by atoms with E-state index in [2.05, 4.69) is 0 Å². The quantitative estimate of drug-likeness (QED) is 0.893. The summed E-state index contributed by atoms with van der Waals surface area (Å²) in [5, 5.41) is 0. The highest BCUT2D eigenvalue weighted by atomic mass is 16.5. The third-order valence-electron chi connectivity index (χ3n) is 3.38. The molecule has 0 aliphatic carbocycles. The molecule has 1 heterocycles. The Morgan fingerprint density at radius 3 is 2.68 bits per heavy atom. The lowest BCUT2D eigenvalue weighted by Gasteiger charge is -2.30. The summed E-state index contributed by atoms with van der Waals surface area (Å²) in [7, 11) is 3.13. The van der Waals surface area contributed by atoms with Crippen molar-refractivity contribution in [2.45, 2.75) is 18.9 Å². The van der Waals surface area contributed by atoms with Crippen molar-refractivity contribution < 1.29 is 14.3 Å². The largest absolute Gasteiger partial charge is 0.493 e. The number of hydrogen-bond donors (Lipinski definition) is 1. The Morgan fingerprint density at radius 1 is 1.32 bits per heavy atom. The zero-order chi connectivity index (χ0) is 13.8. The summed E-state index contributed by atoms with van der Waals surface area (Å²) in [6.45, 7) is 1.38. The van der Waals surface area contributed by atoms with Gasteiger partial charge in [0.2, 0.25) is 0 Å². The Morgan fingerprint density at radius 2 is 2.05 bits per heavy atom. The van der Waals surface area contributed by atoms with Gasteiger partial charge in [0.1, 0.15) is 0 Å². The van der Waals surface area contributed by atoms with Gasteiger partial charge in [-0.25, -0.2) is 0 Å². The monoisotopic (exact) mass is 264 g/mol. The fourth-order valence-electron chi connectivity index (χ4n) is 2.35. The van der Waals surface area contributed by atoms with Gasteiger partial charge in [0, 0.05) is 24.7 Å². The molecule has 0 bridgehead atoms.